The van der Waals surface area contributed by atoms with Crippen molar-refractivity contribution in [3.8, 4) is 11.9 Å². The molecule has 9 nitrogen and oxygen atoms in total. The van der Waals surface area contributed by atoms with Gasteiger partial charge in [0, 0.05) is 19.7 Å². The number of carbonyl (C=O) groups excluding carboxylic acids is 1. The van der Waals surface area contributed by atoms with Crippen molar-refractivity contribution < 1.29 is 23.8 Å². The molecule has 31 heavy (non-hydrogen) atoms. The third kappa shape index (κ3) is 11.2. The molecule has 0 aromatic heterocycles. The van der Waals surface area contributed by atoms with Crippen LogP contribution >= 0.6 is 0 Å². The Bertz CT molecular complexity index is 737. The van der Waals surface area contributed by atoms with Crippen molar-refractivity contribution >= 4 is 11.9 Å². The Morgan fingerprint density at radius 3 is 2.68 bits per heavy atom. The molecule has 0 aliphatic carbocycles. The third-order valence-corrected chi connectivity index (χ3v) is 4.19. The molecule has 10 heteroatoms. The maximum absolute atomic E-state index is 13.3. The largest absolute Gasteiger partial charge is 0.491 e. The third-order valence-electron chi connectivity index (χ3n) is 4.19. The Kier molecular flexibility index (Phi) is 13.6. The first-order valence-corrected chi connectivity index (χ1v) is 10.1. The Balaban J connectivity index is 0.00000436. The zero-order valence-corrected chi connectivity index (χ0v) is 18.8. The van der Waals surface area contributed by atoms with Crippen molar-refractivity contribution in [3.05, 3.63) is 30.1 Å². The number of nitrogens with zero attached hydrogens (tertiary/aromatic N) is 2. The summed E-state index contributed by atoms with van der Waals surface area (Å²) < 4.78 is 23.9. The Morgan fingerprint density at radius 2 is 2.10 bits per heavy atom. The second-order valence-corrected chi connectivity index (χ2v) is 6.78. The molecule has 0 aliphatic rings. The van der Waals surface area contributed by atoms with E-state index in [1.807, 2.05) is 13.8 Å². The normalized spacial score (nSPS) is 13.2. The first-order valence-electron chi connectivity index (χ1n) is 10.1. The number of benzene rings is 1. The van der Waals surface area contributed by atoms with Crippen LogP contribution < -0.4 is 21.1 Å². The van der Waals surface area contributed by atoms with Gasteiger partial charge >= 0.3 is 0 Å². The molecular weight excluding hydrogens is 405 g/mol. The standard InChI is InChI=1S/C19H28FN5O4.C2H6/c1-19(2,28-3)17(27)25-15(8-5-9-23-18(22)24-12-21)16(26)11-29-14-7-4-6-13(20)10-14;1-2/h4,6-7,10,15-16,26H,5,8-9,11H2,1-3H3,(H,25,27)(H3,22,23,24);1-2H3. The van der Waals surface area contributed by atoms with Crippen molar-refractivity contribution in [3.63, 3.8) is 0 Å². The zero-order valence-electron chi connectivity index (χ0n) is 18.8. The summed E-state index contributed by atoms with van der Waals surface area (Å²) in [5, 5.41) is 24.0. The molecule has 1 rings (SSSR count). The lowest BCUT2D eigenvalue weighted by Crippen LogP contribution is -2.52. The lowest BCUT2D eigenvalue weighted by Gasteiger charge is -2.29. The molecule has 0 saturated carbocycles. The van der Waals surface area contributed by atoms with Crippen molar-refractivity contribution in [2.45, 2.75) is 58.3 Å². The number of methoxy groups -OCH3 is 1. The molecule has 0 aliphatic heterocycles. The van der Waals surface area contributed by atoms with Crippen LogP contribution in [0.3, 0.4) is 0 Å². The number of aliphatic imine (C=N–C) groups is 1. The van der Waals surface area contributed by atoms with Gasteiger partial charge in [0.1, 0.15) is 29.9 Å². The number of aliphatic hydroxyl groups excluding tert-OH is 1. The minimum atomic E-state index is -1.08. The minimum Gasteiger partial charge on any atom is -0.491 e. The lowest BCUT2D eigenvalue weighted by molar-refractivity contribution is -0.141. The summed E-state index contributed by atoms with van der Waals surface area (Å²) in [4.78, 5) is 16.4. The fourth-order valence-electron chi connectivity index (χ4n) is 2.26. The second-order valence-electron chi connectivity index (χ2n) is 6.78. The number of amides is 1. The highest BCUT2D eigenvalue weighted by atomic mass is 19.1. The van der Waals surface area contributed by atoms with E-state index in [2.05, 4.69) is 15.6 Å². The highest BCUT2D eigenvalue weighted by molar-refractivity contribution is 5.84. The Morgan fingerprint density at radius 1 is 1.42 bits per heavy atom. The van der Waals surface area contributed by atoms with Crippen molar-refractivity contribution in [1.82, 2.24) is 10.6 Å². The van der Waals surface area contributed by atoms with E-state index >= 15 is 0 Å². The molecule has 1 amide bonds. The van der Waals surface area contributed by atoms with Crippen LogP contribution in [0.4, 0.5) is 4.39 Å². The predicted octanol–water partition coefficient (Wildman–Crippen LogP) is 1.67. The molecule has 0 radical (unpaired) electrons. The quantitative estimate of drug-likeness (QED) is 0.135. The van der Waals surface area contributed by atoms with Crippen molar-refractivity contribution in [2.24, 2.45) is 10.7 Å². The number of carbonyl (C=O) groups is 1. The molecule has 0 heterocycles. The monoisotopic (exact) mass is 439 g/mol. The summed E-state index contributed by atoms with van der Waals surface area (Å²) in [5.41, 5.74) is 4.39. The van der Waals surface area contributed by atoms with Crippen LogP contribution in [-0.2, 0) is 9.53 Å². The average Bonchev–Trinajstić information content (AvgIpc) is 2.75. The number of guanidine groups is 1. The molecule has 5 N–H and O–H groups in total. The van der Waals surface area contributed by atoms with Crippen LogP contribution in [0.2, 0.25) is 0 Å². The number of hydrogen-bond acceptors (Lipinski definition) is 6. The van der Waals surface area contributed by atoms with Crippen LogP contribution in [0.5, 0.6) is 5.75 Å². The van der Waals surface area contributed by atoms with Crippen molar-refractivity contribution in [2.75, 3.05) is 20.3 Å². The van der Waals surface area contributed by atoms with Gasteiger partial charge in [-0.1, -0.05) is 19.9 Å². The fourth-order valence-corrected chi connectivity index (χ4v) is 2.26. The molecule has 174 valence electrons. The number of hydrogen-bond donors (Lipinski definition) is 4. The smallest absolute Gasteiger partial charge is 0.251 e. The first kappa shape index (κ1) is 28.1. The molecule has 1 aromatic carbocycles. The van der Waals surface area contributed by atoms with E-state index in [0.29, 0.717) is 12.8 Å². The number of rotatable bonds is 11. The highest BCUT2D eigenvalue weighted by Gasteiger charge is 2.31. The Hall–Kier alpha value is -2.90. The van der Waals surface area contributed by atoms with Gasteiger partial charge in [-0.3, -0.25) is 15.1 Å². The van der Waals surface area contributed by atoms with Crippen LogP contribution in [0, 0.1) is 17.3 Å². The maximum Gasteiger partial charge on any atom is 0.251 e. The number of nitriles is 1. The van der Waals surface area contributed by atoms with Gasteiger partial charge in [-0.25, -0.2) is 4.39 Å². The minimum absolute atomic E-state index is 0.0106. The van der Waals surface area contributed by atoms with Gasteiger partial charge in [-0.05, 0) is 38.8 Å². The van der Waals surface area contributed by atoms with E-state index in [0.717, 1.165) is 0 Å². The van der Waals surface area contributed by atoms with Crippen LogP contribution in [0.25, 0.3) is 0 Å². The second kappa shape index (κ2) is 15.0. The summed E-state index contributed by atoms with van der Waals surface area (Å²) in [6.45, 7) is 7.35. The van der Waals surface area contributed by atoms with Crippen LogP contribution in [0.15, 0.2) is 29.3 Å². The van der Waals surface area contributed by atoms with E-state index < -0.39 is 29.5 Å². The van der Waals surface area contributed by atoms with Gasteiger partial charge in [0.25, 0.3) is 5.91 Å². The predicted molar refractivity (Wildman–Crippen MR) is 117 cm³/mol. The molecule has 0 spiro atoms. The Labute approximate surface area is 183 Å². The van der Waals surface area contributed by atoms with Gasteiger partial charge < -0.3 is 25.6 Å². The molecule has 2 unspecified atom stereocenters. The molecule has 1 aromatic rings. The number of nitrogens with one attached hydrogen (secondary N) is 2. The van der Waals surface area contributed by atoms with E-state index in [9.17, 15) is 14.3 Å². The van der Waals surface area contributed by atoms with Gasteiger partial charge in [0.2, 0.25) is 5.96 Å². The summed E-state index contributed by atoms with van der Waals surface area (Å²) in [5.74, 6) is -0.594. The van der Waals surface area contributed by atoms with Crippen LogP contribution in [-0.4, -0.2) is 55.0 Å². The number of nitrogens with two attached hydrogens (primary N) is 1. The molecule has 0 bridgehead atoms. The maximum atomic E-state index is 13.3. The van der Waals surface area contributed by atoms with Gasteiger partial charge in [-0.15, -0.1) is 0 Å². The molecule has 0 fully saturated rings. The van der Waals surface area contributed by atoms with Gasteiger partial charge in [0.05, 0.1) is 6.04 Å². The van der Waals surface area contributed by atoms with Crippen molar-refractivity contribution in [1.29, 1.82) is 5.26 Å². The summed E-state index contributed by atoms with van der Waals surface area (Å²) in [7, 11) is 1.41. The van der Waals surface area contributed by atoms with Gasteiger partial charge in [-0.2, -0.15) is 5.26 Å². The van der Waals surface area contributed by atoms with E-state index in [1.165, 1.54) is 25.3 Å². The van der Waals surface area contributed by atoms with E-state index in [4.69, 9.17) is 20.5 Å². The lowest BCUT2D eigenvalue weighted by atomic mass is 10.0. The summed E-state index contributed by atoms with van der Waals surface area (Å²) in [6.07, 6.45) is 1.44. The fraction of sp³-hybridized carbons (Fsp3) is 0.571. The first-order chi connectivity index (χ1) is 14.7. The number of aliphatic hydroxyl groups is 1. The molecule has 2 atom stereocenters. The highest BCUT2D eigenvalue weighted by Crippen LogP contribution is 2.15. The average molecular weight is 440 g/mol. The summed E-state index contributed by atoms with van der Waals surface area (Å²) >= 11 is 0. The zero-order chi connectivity index (χ0) is 23.9. The molecule has 0 saturated heterocycles. The molecular formula is C21H34FN5O4. The van der Waals surface area contributed by atoms with E-state index in [-0.39, 0.29) is 24.9 Å². The number of halogens is 1. The SMILES string of the molecule is CC.COC(C)(C)C(=O)NC(CCCN=C(N)NC#N)C(O)COc1cccc(F)c1. The van der Waals surface area contributed by atoms with Crippen LogP contribution in [0.1, 0.15) is 40.5 Å². The topological polar surface area (TPSA) is 142 Å². The van der Waals surface area contributed by atoms with E-state index in [1.54, 1.807) is 26.1 Å². The number of ether oxygens (including phenoxy) is 2. The van der Waals surface area contributed by atoms with Gasteiger partial charge in [0.15, 0.2) is 6.19 Å². The summed E-state index contributed by atoms with van der Waals surface area (Å²) in [6, 6.07) is 4.89.